The first-order valence-electron chi connectivity index (χ1n) is 8.81. The van der Waals surface area contributed by atoms with Crippen molar-refractivity contribution in [3.63, 3.8) is 0 Å². The SMILES string of the molecule is CCc1cccc(NC(N)=NCCc2coc(-c3ccc(C)cc3)n2)c1.I. The largest absolute Gasteiger partial charge is 0.444 e. The van der Waals surface area contributed by atoms with Gasteiger partial charge in [0.2, 0.25) is 5.89 Å². The maximum absolute atomic E-state index is 5.97. The Kier molecular flexibility index (Phi) is 7.84. The zero-order valence-corrected chi connectivity index (χ0v) is 17.9. The predicted molar refractivity (Wildman–Crippen MR) is 122 cm³/mol. The third kappa shape index (κ3) is 6.09. The van der Waals surface area contributed by atoms with Gasteiger partial charge in [0, 0.05) is 24.2 Å². The van der Waals surface area contributed by atoms with Crippen LogP contribution in [0.4, 0.5) is 5.69 Å². The van der Waals surface area contributed by atoms with E-state index in [2.05, 4.69) is 41.3 Å². The Morgan fingerprint density at radius 3 is 2.70 bits per heavy atom. The van der Waals surface area contributed by atoms with Crippen LogP contribution < -0.4 is 11.1 Å². The first-order chi connectivity index (χ1) is 12.6. The van der Waals surface area contributed by atoms with Crippen molar-refractivity contribution >= 4 is 35.6 Å². The fourth-order valence-corrected chi connectivity index (χ4v) is 2.60. The smallest absolute Gasteiger partial charge is 0.226 e. The standard InChI is InChI=1S/C21H24N4O.HI/c1-3-16-5-4-6-18(13-16)25-21(22)23-12-11-19-14-26-20(24-19)17-9-7-15(2)8-10-17;/h4-10,13-14H,3,11-12H2,1-2H3,(H3,22,23,25);1H. The van der Waals surface area contributed by atoms with Crippen molar-refractivity contribution in [1.82, 2.24) is 4.98 Å². The van der Waals surface area contributed by atoms with E-state index in [-0.39, 0.29) is 24.0 Å². The van der Waals surface area contributed by atoms with Crippen LogP contribution >= 0.6 is 24.0 Å². The van der Waals surface area contributed by atoms with Gasteiger partial charge in [0.25, 0.3) is 0 Å². The number of hydrogen-bond acceptors (Lipinski definition) is 3. The summed E-state index contributed by atoms with van der Waals surface area (Å²) in [5.74, 6) is 1.03. The van der Waals surface area contributed by atoms with Crippen molar-refractivity contribution in [3.05, 3.63) is 71.6 Å². The summed E-state index contributed by atoms with van der Waals surface area (Å²) in [6.07, 6.45) is 3.34. The molecule has 1 heterocycles. The lowest BCUT2D eigenvalue weighted by atomic mass is 10.1. The molecule has 3 aromatic rings. The fraction of sp³-hybridized carbons (Fsp3) is 0.238. The van der Waals surface area contributed by atoms with Gasteiger partial charge in [-0.1, -0.05) is 36.8 Å². The number of nitrogens with one attached hydrogen (secondary N) is 1. The molecule has 3 rings (SSSR count). The van der Waals surface area contributed by atoms with Crippen LogP contribution in [0.2, 0.25) is 0 Å². The molecule has 2 aromatic carbocycles. The van der Waals surface area contributed by atoms with E-state index in [1.807, 2.05) is 36.4 Å². The highest BCUT2D eigenvalue weighted by atomic mass is 127. The normalized spacial score (nSPS) is 11.1. The molecular weight excluding hydrogens is 451 g/mol. The minimum atomic E-state index is 0. The number of oxazole rings is 1. The summed E-state index contributed by atoms with van der Waals surface area (Å²) < 4.78 is 5.56. The van der Waals surface area contributed by atoms with E-state index in [1.54, 1.807) is 6.26 Å². The molecule has 0 saturated heterocycles. The molecule has 0 radical (unpaired) electrons. The molecule has 0 aliphatic carbocycles. The molecule has 6 heteroatoms. The molecule has 0 spiro atoms. The summed E-state index contributed by atoms with van der Waals surface area (Å²) in [5, 5.41) is 3.12. The van der Waals surface area contributed by atoms with E-state index < -0.39 is 0 Å². The number of rotatable bonds is 6. The van der Waals surface area contributed by atoms with Crippen molar-refractivity contribution in [2.24, 2.45) is 10.7 Å². The maximum Gasteiger partial charge on any atom is 0.226 e. The van der Waals surface area contributed by atoms with Crippen LogP contribution in [0.1, 0.15) is 23.7 Å². The number of anilines is 1. The summed E-state index contributed by atoms with van der Waals surface area (Å²) >= 11 is 0. The molecule has 27 heavy (non-hydrogen) atoms. The number of aliphatic imine (C=N–C) groups is 1. The van der Waals surface area contributed by atoms with E-state index in [1.165, 1.54) is 11.1 Å². The van der Waals surface area contributed by atoms with Gasteiger partial charge in [-0.25, -0.2) is 4.98 Å². The second kappa shape index (κ2) is 10.1. The number of guanidine groups is 1. The van der Waals surface area contributed by atoms with E-state index in [4.69, 9.17) is 10.2 Å². The van der Waals surface area contributed by atoms with Crippen molar-refractivity contribution in [2.45, 2.75) is 26.7 Å². The van der Waals surface area contributed by atoms with Gasteiger partial charge in [-0.2, -0.15) is 0 Å². The van der Waals surface area contributed by atoms with Crippen molar-refractivity contribution in [3.8, 4) is 11.5 Å². The van der Waals surface area contributed by atoms with Crippen LogP contribution in [0.25, 0.3) is 11.5 Å². The van der Waals surface area contributed by atoms with E-state index >= 15 is 0 Å². The molecule has 0 saturated carbocycles. The van der Waals surface area contributed by atoms with Gasteiger partial charge in [-0.3, -0.25) is 4.99 Å². The van der Waals surface area contributed by atoms with E-state index in [0.717, 1.165) is 23.4 Å². The number of benzene rings is 2. The number of nitrogens with two attached hydrogens (primary N) is 1. The number of aromatic nitrogens is 1. The lowest BCUT2D eigenvalue weighted by molar-refractivity contribution is 0.572. The number of halogens is 1. The Hall–Kier alpha value is -2.35. The summed E-state index contributed by atoms with van der Waals surface area (Å²) in [6, 6.07) is 16.3. The van der Waals surface area contributed by atoms with Gasteiger partial charge in [0.15, 0.2) is 5.96 Å². The Bertz CT molecular complexity index is 887. The molecule has 3 N–H and O–H groups in total. The third-order valence-corrected chi connectivity index (χ3v) is 4.11. The van der Waals surface area contributed by atoms with Crippen LogP contribution in [0.15, 0.2) is 64.2 Å². The summed E-state index contributed by atoms with van der Waals surface area (Å²) in [4.78, 5) is 8.88. The molecule has 0 aliphatic rings. The van der Waals surface area contributed by atoms with Crippen molar-refractivity contribution in [1.29, 1.82) is 0 Å². The van der Waals surface area contributed by atoms with E-state index in [9.17, 15) is 0 Å². The monoisotopic (exact) mass is 476 g/mol. The average Bonchev–Trinajstić information content (AvgIpc) is 3.11. The average molecular weight is 476 g/mol. The molecule has 0 bridgehead atoms. The zero-order valence-electron chi connectivity index (χ0n) is 15.6. The maximum atomic E-state index is 5.97. The Morgan fingerprint density at radius 2 is 1.96 bits per heavy atom. The molecule has 142 valence electrons. The highest BCUT2D eigenvalue weighted by molar-refractivity contribution is 14.0. The summed E-state index contributed by atoms with van der Waals surface area (Å²) in [7, 11) is 0. The predicted octanol–water partition coefficient (Wildman–Crippen LogP) is 4.80. The van der Waals surface area contributed by atoms with Crippen LogP contribution in [-0.2, 0) is 12.8 Å². The topological polar surface area (TPSA) is 76.4 Å². The third-order valence-electron chi connectivity index (χ3n) is 4.11. The molecule has 1 aromatic heterocycles. The molecular formula is C21H25IN4O. The minimum Gasteiger partial charge on any atom is -0.444 e. The first-order valence-corrected chi connectivity index (χ1v) is 8.81. The van der Waals surface area contributed by atoms with Gasteiger partial charge >= 0.3 is 0 Å². The molecule has 5 nitrogen and oxygen atoms in total. The van der Waals surface area contributed by atoms with Crippen molar-refractivity contribution < 1.29 is 4.42 Å². The summed E-state index contributed by atoms with van der Waals surface area (Å²) in [6.45, 7) is 4.73. The number of hydrogen-bond donors (Lipinski definition) is 2. The lowest BCUT2D eigenvalue weighted by Crippen LogP contribution is -2.23. The Balaban J connectivity index is 0.00000261. The van der Waals surface area contributed by atoms with Gasteiger partial charge in [0.1, 0.15) is 6.26 Å². The molecule has 0 fully saturated rings. The van der Waals surface area contributed by atoms with Crippen LogP contribution in [0.5, 0.6) is 0 Å². The number of nitrogens with zero attached hydrogens (tertiary/aromatic N) is 2. The lowest BCUT2D eigenvalue weighted by Gasteiger charge is -2.06. The molecule has 0 aliphatic heterocycles. The van der Waals surface area contributed by atoms with E-state index in [0.29, 0.717) is 24.8 Å². The second-order valence-electron chi connectivity index (χ2n) is 6.21. The molecule has 0 unspecified atom stereocenters. The second-order valence-corrected chi connectivity index (χ2v) is 6.21. The van der Waals surface area contributed by atoms with Gasteiger partial charge in [-0.05, 0) is 43.2 Å². The zero-order chi connectivity index (χ0) is 18.4. The van der Waals surface area contributed by atoms with Crippen molar-refractivity contribution in [2.75, 3.05) is 11.9 Å². The summed E-state index contributed by atoms with van der Waals surface area (Å²) in [5.41, 5.74) is 11.2. The Morgan fingerprint density at radius 1 is 1.19 bits per heavy atom. The number of aryl methyl sites for hydroxylation is 2. The van der Waals surface area contributed by atoms with Crippen LogP contribution in [0, 0.1) is 6.92 Å². The van der Waals surface area contributed by atoms with Gasteiger partial charge in [0.05, 0.1) is 5.69 Å². The molecule has 0 atom stereocenters. The van der Waals surface area contributed by atoms with Crippen LogP contribution in [0.3, 0.4) is 0 Å². The van der Waals surface area contributed by atoms with Gasteiger partial charge < -0.3 is 15.5 Å². The highest BCUT2D eigenvalue weighted by Crippen LogP contribution is 2.19. The van der Waals surface area contributed by atoms with Gasteiger partial charge in [-0.15, -0.1) is 24.0 Å². The van der Waals surface area contributed by atoms with Crippen LogP contribution in [-0.4, -0.2) is 17.5 Å². The highest BCUT2D eigenvalue weighted by Gasteiger charge is 2.06. The minimum absolute atomic E-state index is 0. The Labute approximate surface area is 177 Å². The fourth-order valence-electron chi connectivity index (χ4n) is 2.60. The quantitative estimate of drug-likeness (QED) is 0.305. The molecule has 0 amide bonds. The first kappa shape index (κ1) is 21.0.